The van der Waals surface area contributed by atoms with Gasteiger partial charge in [0.2, 0.25) is 10.0 Å². The Kier molecular flexibility index (Phi) is 5.18. The van der Waals surface area contributed by atoms with Crippen LogP contribution in [0.15, 0.2) is 24.4 Å². The van der Waals surface area contributed by atoms with Gasteiger partial charge in [-0.15, -0.1) is 0 Å². The lowest BCUT2D eigenvalue weighted by Crippen LogP contribution is -2.59. The third kappa shape index (κ3) is 3.84. The van der Waals surface area contributed by atoms with Crippen molar-refractivity contribution in [2.24, 2.45) is 5.92 Å². The van der Waals surface area contributed by atoms with Gasteiger partial charge in [-0.3, -0.25) is 0 Å². The topological polar surface area (TPSA) is 71.5 Å². The summed E-state index contributed by atoms with van der Waals surface area (Å²) in [6.45, 7) is 3.67. The number of piperidine rings is 1. The number of aromatic nitrogens is 1. The van der Waals surface area contributed by atoms with Gasteiger partial charge in [-0.2, -0.15) is 4.31 Å². The molecule has 3 heterocycles. The fraction of sp³-hybridized carbons (Fsp3) is 0.688. The third-order valence-corrected chi connectivity index (χ3v) is 6.59. The summed E-state index contributed by atoms with van der Waals surface area (Å²) in [7, 11) is -3.19. The second kappa shape index (κ2) is 7.15. The van der Waals surface area contributed by atoms with E-state index < -0.39 is 10.0 Å². The number of fused-ring (bicyclic) bond motifs is 1. The van der Waals surface area contributed by atoms with Crippen molar-refractivity contribution in [3.63, 3.8) is 0 Å². The highest BCUT2D eigenvalue weighted by atomic mass is 32.2. The van der Waals surface area contributed by atoms with E-state index in [9.17, 15) is 8.42 Å². The average molecular weight is 339 g/mol. The van der Waals surface area contributed by atoms with Crippen LogP contribution in [0.4, 0.5) is 5.82 Å². The Morgan fingerprint density at radius 1 is 1.39 bits per heavy atom. The van der Waals surface area contributed by atoms with Gasteiger partial charge in [-0.1, -0.05) is 13.0 Å². The molecule has 3 rings (SSSR count). The molecule has 0 saturated carbocycles. The molecule has 1 aromatic heterocycles. The number of ether oxygens (including phenoxy) is 1. The van der Waals surface area contributed by atoms with Crippen LogP contribution in [0.25, 0.3) is 0 Å². The van der Waals surface area contributed by atoms with Crippen LogP contribution in [-0.4, -0.2) is 55.3 Å². The fourth-order valence-corrected chi connectivity index (χ4v) is 5.13. The van der Waals surface area contributed by atoms with E-state index in [0.29, 0.717) is 19.5 Å². The number of hydrogen-bond donors (Lipinski definition) is 1. The van der Waals surface area contributed by atoms with Crippen LogP contribution in [0.5, 0.6) is 0 Å². The van der Waals surface area contributed by atoms with E-state index in [4.69, 9.17) is 4.74 Å². The number of sulfonamides is 1. The predicted octanol–water partition coefficient (Wildman–Crippen LogP) is 1.71. The quantitative estimate of drug-likeness (QED) is 0.884. The van der Waals surface area contributed by atoms with E-state index in [1.54, 1.807) is 10.5 Å². The molecular formula is C16H25N3O3S. The molecule has 0 unspecified atom stereocenters. The lowest BCUT2D eigenvalue weighted by molar-refractivity contribution is -0.0604. The van der Waals surface area contributed by atoms with Gasteiger partial charge in [0.05, 0.1) is 17.9 Å². The highest BCUT2D eigenvalue weighted by Crippen LogP contribution is 2.31. The number of nitrogens with zero attached hydrogens (tertiary/aromatic N) is 2. The molecule has 0 bridgehead atoms. The monoisotopic (exact) mass is 339 g/mol. The molecular weight excluding hydrogens is 314 g/mol. The lowest BCUT2D eigenvalue weighted by atomic mass is 9.86. The van der Waals surface area contributed by atoms with Crippen LogP contribution >= 0.6 is 0 Å². The summed E-state index contributed by atoms with van der Waals surface area (Å²) in [5.74, 6) is 1.23. The van der Waals surface area contributed by atoms with Crippen LogP contribution in [0.1, 0.15) is 26.2 Å². The first kappa shape index (κ1) is 16.7. The van der Waals surface area contributed by atoms with E-state index in [-0.39, 0.29) is 23.8 Å². The van der Waals surface area contributed by atoms with Crippen molar-refractivity contribution < 1.29 is 13.2 Å². The smallest absolute Gasteiger partial charge is 0.214 e. The number of hydrogen-bond acceptors (Lipinski definition) is 5. The maximum absolute atomic E-state index is 12.5. The zero-order valence-electron chi connectivity index (χ0n) is 13.5. The first-order chi connectivity index (χ1) is 11.1. The van der Waals surface area contributed by atoms with E-state index in [0.717, 1.165) is 25.3 Å². The lowest BCUT2D eigenvalue weighted by Gasteiger charge is -2.45. The van der Waals surface area contributed by atoms with E-state index >= 15 is 0 Å². The van der Waals surface area contributed by atoms with Gasteiger partial charge < -0.3 is 10.1 Å². The van der Waals surface area contributed by atoms with Crippen LogP contribution in [0, 0.1) is 5.92 Å². The summed E-state index contributed by atoms with van der Waals surface area (Å²) in [6.07, 6.45) is 4.44. The van der Waals surface area contributed by atoms with Gasteiger partial charge in [0.1, 0.15) is 5.82 Å². The zero-order chi connectivity index (χ0) is 16.3. The number of anilines is 1. The summed E-state index contributed by atoms with van der Waals surface area (Å²) in [5.41, 5.74) is 0. The van der Waals surface area contributed by atoms with Crippen LogP contribution in [-0.2, 0) is 14.8 Å². The maximum Gasteiger partial charge on any atom is 0.214 e. The molecule has 0 radical (unpaired) electrons. The zero-order valence-corrected chi connectivity index (χ0v) is 14.3. The molecule has 2 aliphatic rings. The van der Waals surface area contributed by atoms with Crippen LogP contribution in [0.3, 0.4) is 0 Å². The van der Waals surface area contributed by atoms with Crippen molar-refractivity contribution >= 4 is 15.8 Å². The molecule has 0 spiro atoms. The van der Waals surface area contributed by atoms with Crippen molar-refractivity contribution in [1.82, 2.24) is 9.29 Å². The van der Waals surface area contributed by atoms with Crippen molar-refractivity contribution in [2.75, 3.05) is 30.8 Å². The number of pyridine rings is 1. The molecule has 0 amide bonds. The normalized spacial score (nSPS) is 29.0. The van der Waals surface area contributed by atoms with Crippen molar-refractivity contribution in [2.45, 2.75) is 38.3 Å². The third-order valence-electron chi connectivity index (χ3n) is 4.58. The van der Waals surface area contributed by atoms with Crippen LogP contribution in [0.2, 0.25) is 0 Å². The predicted molar refractivity (Wildman–Crippen MR) is 89.8 cm³/mol. The molecule has 2 fully saturated rings. The van der Waals surface area contributed by atoms with E-state index in [1.807, 2.05) is 25.1 Å². The van der Waals surface area contributed by atoms with Gasteiger partial charge in [-0.25, -0.2) is 13.4 Å². The van der Waals surface area contributed by atoms with Gasteiger partial charge >= 0.3 is 0 Å². The standard InChI is InChI=1S/C16H25N3O3S/c1-2-10-23(20,21)19-11-13-6-5-9-22-16(13)14(12-19)18-15-7-3-4-8-17-15/h3-4,7-8,13-14,16H,2,5-6,9-12H2,1H3,(H,17,18)/t13-,14+,16-/m1/s1. The first-order valence-corrected chi connectivity index (χ1v) is 9.98. The van der Waals surface area contributed by atoms with Crippen molar-refractivity contribution in [1.29, 1.82) is 0 Å². The highest BCUT2D eigenvalue weighted by Gasteiger charge is 2.42. The number of rotatable bonds is 5. The molecule has 7 heteroatoms. The van der Waals surface area contributed by atoms with E-state index in [1.165, 1.54) is 0 Å². The van der Waals surface area contributed by atoms with Crippen molar-refractivity contribution in [3.05, 3.63) is 24.4 Å². The molecule has 1 aromatic rings. The molecule has 128 valence electrons. The summed E-state index contributed by atoms with van der Waals surface area (Å²) in [4.78, 5) is 4.30. The van der Waals surface area contributed by atoms with Gasteiger partial charge in [0, 0.05) is 31.8 Å². The van der Waals surface area contributed by atoms with Gasteiger partial charge in [-0.05, 0) is 31.4 Å². The molecule has 6 nitrogen and oxygen atoms in total. The van der Waals surface area contributed by atoms with E-state index in [2.05, 4.69) is 10.3 Å². The fourth-order valence-electron chi connectivity index (χ4n) is 3.54. The Balaban J connectivity index is 1.80. The summed E-state index contributed by atoms with van der Waals surface area (Å²) < 4.78 is 32.6. The Morgan fingerprint density at radius 3 is 3.00 bits per heavy atom. The molecule has 2 aliphatic heterocycles. The van der Waals surface area contributed by atoms with Gasteiger partial charge in [0.25, 0.3) is 0 Å². The first-order valence-electron chi connectivity index (χ1n) is 8.37. The second-order valence-electron chi connectivity index (χ2n) is 6.34. The average Bonchev–Trinajstić information content (AvgIpc) is 2.55. The van der Waals surface area contributed by atoms with Gasteiger partial charge in [0.15, 0.2) is 0 Å². The second-order valence-corrected chi connectivity index (χ2v) is 8.42. The SMILES string of the molecule is CCCS(=O)(=O)N1C[C@H]2CCCO[C@H]2[C@@H](Nc2ccccn2)C1. The Morgan fingerprint density at radius 2 is 2.26 bits per heavy atom. The molecule has 23 heavy (non-hydrogen) atoms. The minimum absolute atomic E-state index is 0.0545. The maximum atomic E-state index is 12.5. The van der Waals surface area contributed by atoms with Crippen LogP contribution < -0.4 is 5.32 Å². The molecule has 1 N–H and O–H groups in total. The highest BCUT2D eigenvalue weighted by molar-refractivity contribution is 7.89. The molecule has 0 aliphatic carbocycles. The Hall–Kier alpha value is -1.18. The summed E-state index contributed by atoms with van der Waals surface area (Å²) >= 11 is 0. The number of nitrogens with one attached hydrogen (secondary N) is 1. The summed E-state index contributed by atoms with van der Waals surface area (Å²) in [6, 6.07) is 5.63. The molecule has 0 aromatic carbocycles. The summed E-state index contributed by atoms with van der Waals surface area (Å²) in [5, 5.41) is 3.38. The van der Waals surface area contributed by atoms with Crippen molar-refractivity contribution in [3.8, 4) is 0 Å². The minimum atomic E-state index is -3.19. The Bertz CT molecular complexity index is 608. The molecule has 2 saturated heterocycles. The molecule has 3 atom stereocenters. The largest absolute Gasteiger partial charge is 0.376 e. The minimum Gasteiger partial charge on any atom is -0.376 e. The Labute approximate surface area is 138 Å².